The molecule has 1 saturated heterocycles. The lowest BCUT2D eigenvalue weighted by Crippen LogP contribution is -2.34. The molecule has 0 radical (unpaired) electrons. The molecule has 0 aromatic carbocycles. The maximum atomic E-state index is 12.3. The molecular weight excluding hydrogens is 288 g/mol. The van der Waals surface area contributed by atoms with Crippen molar-refractivity contribution >= 4 is 17.7 Å². The van der Waals surface area contributed by atoms with Gasteiger partial charge in [0.25, 0.3) is 0 Å². The number of aryl methyl sites for hydroxylation is 1. The molecule has 5 nitrogen and oxygen atoms in total. The smallest absolute Gasteiger partial charge is 0.348 e. The highest BCUT2D eigenvalue weighted by Crippen LogP contribution is 2.28. The number of aromatic nitrogens is 2. The Labute approximate surface area is 128 Å². The van der Waals surface area contributed by atoms with E-state index in [1.807, 2.05) is 18.7 Å². The molecule has 2 heterocycles. The van der Waals surface area contributed by atoms with Gasteiger partial charge < -0.3 is 5.11 Å². The van der Waals surface area contributed by atoms with E-state index in [0.717, 1.165) is 35.6 Å². The lowest BCUT2D eigenvalue weighted by Gasteiger charge is -2.27. The Bertz CT molecular complexity index is 591. The normalized spacial score (nSPS) is 20.2. The summed E-state index contributed by atoms with van der Waals surface area (Å²) in [6, 6.07) is 0.184. The summed E-state index contributed by atoms with van der Waals surface area (Å²) >= 11 is 1.86. The molecule has 2 rings (SSSR count). The van der Waals surface area contributed by atoms with Crippen LogP contribution in [0.4, 0.5) is 0 Å². The Morgan fingerprint density at radius 2 is 2.24 bits per heavy atom. The largest absolute Gasteiger partial charge is 0.481 e. The van der Waals surface area contributed by atoms with Gasteiger partial charge in [-0.25, -0.2) is 4.79 Å². The summed E-state index contributed by atoms with van der Waals surface area (Å²) in [5.74, 6) is 0.780. The minimum absolute atomic E-state index is 0.184. The van der Waals surface area contributed by atoms with Crippen LogP contribution < -0.4 is 5.69 Å². The zero-order valence-corrected chi connectivity index (χ0v) is 13.6. The van der Waals surface area contributed by atoms with Crippen LogP contribution in [0.3, 0.4) is 0 Å². The minimum Gasteiger partial charge on any atom is -0.481 e. The van der Waals surface area contributed by atoms with E-state index >= 15 is 0 Å². The Morgan fingerprint density at radius 3 is 2.81 bits per heavy atom. The van der Waals surface area contributed by atoms with E-state index in [4.69, 9.17) is 5.11 Å². The van der Waals surface area contributed by atoms with Gasteiger partial charge >= 0.3 is 11.7 Å². The number of rotatable bonds is 4. The van der Waals surface area contributed by atoms with Crippen LogP contribution in [0.5, 0.6) is 0 Å². The molecule has 0 saturated carbocycles. The molecule has 2 atom stereocenters. The number of aliphatic carboxylic acids is 1. The number of nitrogens with zero attached hydrogens (tertiary/aromatic N) is 2. The minimum atomic E-state index is -0.820. The van der Waals surface area contributed by atoms with Crippen molar-refractivity contribution in [3.05, 3.63) is 27.4 Å². The van der Waals surface area contributed by atoms with E-state index in [1.165, 1.54) is 0 Å². The van der Waals surface area contributed by atoms with Crippen LogP contribution in [0.1, 0.15) is 42.8 Å². The second-order valence-corrected chi connectivity index (χ2v) is 6.88. The lowest BCUT2D eigenvalue weighted by atomic mass is 9.98. The number of carboxylic acid groups (broad SMARTS) is 1. The van der Waals surface area contributed by atoms with E-state index in [2.05, 4.69) is 4.98 Å². The summed E-state index contributed by atoms with van der Waals surface area (Å²) in [5, 5.41) is 9.11. The van der Waals surface area contributed by atoms with Crippen LogP contribution in [0, 0.1) is 19.8 Å². The van der Waals surface area contributed by atoms with E-state index in [-0.39, 0.29) is 11.7 Å². The van der Waals surface area contributed by atoms with E-state index in [0.29, 0.717) is 12.1 Å². The molecule has 2 unspecified atom stereocenters. The van der Waals surface area contributed by atoms with Gasteiger partial charge in [-0.15, -0.1) is 0 Å². The van der Waals surface area contributed by atoms with Gasteiger partial charge in [-0.3, -0.25) is 9.36 Å². The standard InChI is InChI=1S/C15H22N2O3S/c1-9(14(18)19)7-13-10(2)16-15(20)17(11(13)3)12-5-4-6-21-8-12/h9,12H,4-8H2,1-3H3,(H,18,19). The molecule has 116 valence electrons. The van der Waals surface area contributed by atoms with Crippen LogP contribution in [0.25, 0.3) is 0 Å². The molecule has 6 heteroatoms. The van der Waals surface area contributed by atoms with Crippen LogP contribution in [0.2, 0.25) is 0 Å². The third-order valence-corrected chi connectivity index (χ3v) is 5.34. The second-order valence-electron chi connectivity index (χ2n) is 5.73. The van der Waals surface area contributed by atoms with Gasteiger partial charge in [0.1, 0.15) is 0 Å². The molecule has 0 amide bonds. The summed E-state index contributed by atoms with van der Waals surface area (Å²) in [6.07, 6.45) is 2.52. The highest BCUT2D eigenvalue weighted by molar-refractivity contribution is 7.99. The van der Waals surface area contributed by atoms with Gasteiger partial charge in [0, 0.05) is 23.2 Å². The van der Waals surface area contributed by atoms with Crippen molar-refractivity contribution in [2.24, 2.45) is 5.92 Å². The third kappa shape index (κ3) is 3.48. The van der Waals surface area contributed by atoms with Gasteiger partial charge in [-0.2, -0.15) is 16.7 Å². The predicted octanol–water partition coefficient (Wildman–Crippen LogP) is 2.19. The molecule has 1 aromatic heterocycles. The van der Waals surface area contributed by atoms with Gasteiger partial charge in [-0.1, -0.05) is 6.92 Å². The number of hydrogen-bond acceptors (Lipinski definition) is 4. The first-order valence-corrected chi connectivity index (χ1v) is 8.46. The Kier molecular flexibility index (Phi) is 5.08. The van der Waals surface area contributed by atoms with Gasteiger partial charge in [-0.05, 0) is 44.4 Å². The maximum Gasteiger partial charge on any atom is 0.348 e. The molecule has 0 aliphatic carbocycles. The lowest BCUT2D eigenvalue weighted by molar-refractivity contribution is -0.141. The third-order valence-electron chi connectivity index (χ3n) is 4.14. The molecule has 0 bridgehead atoms. The summed E-state index contributed by atoms with van der Waals surface area (Å²) in [4.78, 5) is 27.5. The Balaban J connectivity index is 2.41. The SMILES string of the molecule is Cc1nc(=O)n(C2CCCSC2)c(C)c1CC(C)C(=O)O. The first kappa shape index (κ1) is 16.1. The average molecular weight is 310 g/mol. The molecule has 1 aromatic rings. The van der Waals surface area contributed by atoms with Crippen LogP contribution >= 0.6 is 11.8 Å². The average Bonchev–Trinajstić information content (AvgIpc) is 2.44. The van der Waals surface area contributed by atoms with Crippen LogP contribution in [0.15, 0.2) is 4.79 Å². The molecule has 1 aliphatic heterocycles. The molecular formula is C15H22N2O3S. The van der Waals surface area contributed by atoms with Crippen molar-refractivity contribution in [2.75, 3.05) is 11.5 Å². The first-order chi connectivity index (χ1) is 9.91. The maximum absolute atomic E-state index is 12.3. The van der Waals surface area contributed by atoms with E-state index < -0.39 is 11.9 Å². The zero-order chi connectivity index (χ0) is 15.6. The zero-order valence-electron chi connectivity index (χ0n) is 12.8. The number of hydrogen-bond donors (Lipinski definition) is 1. The quantitative estimate of drug-likeness (QED) is 0.923. The molecule has 0 spiro atoms. The van der Waals surface area contributed by atoms with Crippen molar-refractivity contribution in [2.45, 2.75) is 46.1 Å². The summed E-state index contributed by atoms with van der Waals surface area (Å²) in [6.45, 7) is 5.39. The van der Waals surface area contributed by atoms with Crippen molar-refractivity contribution in [3.8, 4) is 0 Å². The molecule has 1 fully saturated rings. The molecule has 1 aliphatic rings. The second kappa shape index (κ2) is 6.64. The fourth-order valence-corrected chi connectivity index (χ4v) is 3.99. The van der Waals surface area contributed by atoms with Crippen LogP contribution in [-0.4, -0.2) is 32.1 Å². The number of thioether (sulfide) groups is 1. The topological polar surface area (TPSA) is 72.2 Å². The van der Waals surface area contributed by atoms with E-state index in [1.54, 1.807) is 18.4 Å². The summed E-state index contributed by atoms with van der Waals surface area (Å²) in [5.41, 5.74) is 2.24. The first-order valence-electron chi connectivity index (χ1n) is 7.31. The fraction of sp³-hybridized carbons (Fsp3) is 0.667. The number of carboxylic acids is 1. The van der Waals surface area contributed by atoms with Gasteiger partial charge in [0.05, 0.1) is 5.92 Å². The number of carbonyl (C=O) groups is 1. The van der Waals surface area contributed by atoms with Crippen LogP contribution in [-0.2, 0) is 11.2 Å². The monoisotopic (exact) mass is 310 g/mol. The fourth-order valence-electron chi connectivity index (χ4n) is 2.86. The molecule has 1 N–H and O–H groups in total. The van der Waals surface area contributed by atoms with Crippen molar-refractivity contribution in [1.82, 2.24) is 9.55 Å². The van der Waals surface area contributed by atoms with E-state index in [9.17, 15) is 9.59 Å². The summed E-state index contributed by atoms with van der Waals surface area (Å²) in [7, 11) is 0. The van der Waals surface area contributed by atoms with Crippen molar-refractivity contribution < 1.29 is 9.90 Å². The van der Waals surface area contributed by atoms with Crippen molar-refractivity contribution in [3.63, 3.8) is 0 Å². The predicted molar refractivity (Wildman–Crippen MR) is 84.1 cm³/mol. The molecule has 21 heavy (non-hydrogen) atoms. The Hall–Kier alpha value is -1.30. The summed E-state index contributed by atoms with van der Waals surface area (Å²) < 4.78 is 1.78. The van der Waals surface area contributed by atoms with Gasteiger partial charge in [0.2, 0.25) is 0 Å². The highest BCUT2D eigenvalue weighted by Gasteiger charge is 2.23. The highest BCUT2D eigenvalue weighted by atomic mass is 32.2. The van der Waals surface area contributed by atoms with Gasteiger partial charge in [0.15, 0.2) is 0 Å². The van der Waals surface area contributed by atoms with Crippen molar-refractivity contribution in [1.29, 1.82) is 0 Å². The Morgan fingerprint density at radius 1 is 1.52 bits per heavy atom.